The Morgan fingerprint density at radius 1 is 0.333 bits per heavy atom. The van der Waals surface area contributed by atoms with Crippen LogP contribution in [0.3, 0.4) is 0 Å². The summed E-state index contributed by atoms with van der Waals surface area (Å²) in [6.45, 7) is 0. The molecule has 0 radical (unpaired) electrons. The molecule has 0 saturated heterocycles. The minimum Gasteiger partial charge on any atom is -0.451 e. The Balaban J connectivity index is 1.00. The monoisotopic (exact) mass is 1190 g/mol. The molecule has 5 nitrogen and oxygen atoms in total. The van der Waals surface area contributed by atoms with Gasteiger partial charge in [-0.1, -0.05) is 140 Å². The zero-order valence-corrected chi connectivity index (χ0v) is 46.9. The molecule has 13 heteroatoms. The lowest BCUT2D eigenvalue weighted by Crippen LogP contribution is -2.33. The van der Waals surface area contributed by atoms with E-state index in [1.165, 1.54) is 36.4 Å². The number of hydrogen-bond donors (Lipinski definition) is 0. The van der Waals surface area contributed by atoms with E-state index < -0.39 is 40.5 Å². The van der Waals surface area contributed by atoms with Gasteiger partial charge in [0.1, 0.15) is 0 Å². The molecule has 0 bridgehead atoms. The second-order valence-electron chi connectivity index (χ2n) is 23.1. The zero-order valence-electron chi connectivity index (χ0n) is 46.9. The maximum absolute atomic E-state index is 15.9. The number of nitrogens with zero attached hydrogens (tertiary/aromatic N) is 3. The molecule has 1 aliphatic heterocycles. The number of halogens is 8. The van der Waals surface area contributed by atoms with Crippen molar-refractivity contribution in [2.24, 2.45) is 0 Å². The SMILES string of the molecule is Fc1cccc2c1oc1c(N(c3ccc(C(F)(F)F)cc3)c3ccc4c(c3)c3cc(N(c5ccc(C(F)(F)F)cc5)c5cccc6c5oc5c(F)cccc56)cc5c3n4-c3ccccc3C53c4ccc5ccccc5c4-c4c3ccc3ccccc43)cccc12. The van der Waals surface area contributed by atoms with Crippen LogP contribution in [0.15, 0.2) is 258 Å². The lowest BCUT2D eigenvalue weighted by atomic mass is 9.65. The normalized spacial score (nSPS) is 13.4. The smallest absolute Gasteiger partial charge is 0.416 e. The largest absolute Gasteiger partial charge is 0.451 e. The summed E-state index contributed by atoms with van der Waals surface area (Å²) in [5.74, 6) is -1.17. The minimum atomic E-state index is -4.67. The summed E-state index contributed by atoms with van der Waals surface area (Å²) in [7, 11) is 0. The van der Waals surface area contributed by atoms with Crippen molar-refractivity contribution >= 4 is 121 Å². The maximum Gasteiger partial charge on any atom is 0.416 e. The van der Waals surface area contributed by atoms with Crippen molar-refractivity contribution in [3.8, 4) is 16.8 Å². The van der Waals surface area contributed by atoms with Crippen LogP contribution in [0.1, 0.15) is 33.4 Å². The van der Waals surface area contributed by atoms with Gasteiger partial charge in [-0.25, -0.2) is 8.78 Å². The van der Waals surface area contributed by atoms with Gasteiger partial charge in [0.15, 0.2) is 34.0 Å². The first-order valence-electron chi connectivity index (χ1n) is 29.2. The summed E-state index contributed by atoms with van der Waals surface area (Å²) >= 11 is 0. The Morgan fingerprint density at radius 2 is 0.778 bits per heavy atom. The van der Waals surface area contributed by atoms with Gasteiger partial charge in [-0.3, -0.25) is 0 Å². The summed E-state index contributed by atoms with van der Waals surface area (Å²) in [5, 5.41) is 7.78. The van der Waals surface area contributed by atoms with Crippen LogP contribution in [-0.4, -0.2) is 4.57 Å². The van der Waals surface area contributed by atoms with Gasteiger partial charge < -0.3 is 23.2 Å². The highest BCUT2D eigenvalue weighted by atomic mass is 19.4. The molecular weight excluding hydrogens is 1150 g/mol. The Kier molecular flexibility index (Phi) is 10.7. The zero-order chi connectivity index (χ0) is 60.7. The van der Waals surface area contributed by atoms with Crippen LogP contribution in [-0.2, 0) is 17.8 Å². The van der Waals surface area contributed by atoms with E-state index in [1.54, 1.807) is 41.3 Å². The second kappa shape index (κ2) is 18.4. The standard InChI is InChI=1S/C77H41F8N3O2/c78-62-20-7-15-52-54-17-9-23-66(73(54)89-71(52)62)86(46-31-27-44(28-32-46)76(80,81)82)48-35-38-64-56(39-48)57-40-49(87(47-33-29-45(30-34-47)77(83,84)85)67-24-10-18-55-53-16-8-21-63(79)72(53)90-74(55)67)41-61-70(57)88(64)65-22-6-5-19-58(65)75(61)59-36-25-42-11-1-3-13-50(42)68(59)69-51-14-4-2-12-43(51)26-37-60(69)75/h1-41H. The first-order valence-corrected chi connectivity index (χ1v) is 29.2. The fraction of sp³-hybridized carbons (Fsp3) is 0.0390. The molecule has 2 aliphatic rings. The maximum atomic E-state index is 15.9. The van der Waals surface area contributed by atoms with E-state index in [4.69, 9.17) is 8.83 Å². The highest BCUT2D eigenvalue weighted by Gasteiger charge is 2.52. The third-order valence-corrected chi connectivity index (χ3v) is 18.5. The van der Waals surface area contributed by atoms with Crippen molar-refractivity contribution in [1.29, 1.82) is 0 Å². The molecule has 1 aliphatic carbocycles. The van der Waals surface area contributed by atoms with Crippen molar-refractivity contribution in [1.82, 2.24) is 4.57 Å². The van der Waals surface area contributed by atoms with Crippen LogP contribution in [0.5, 0.6) is 0 Å². The molecule has 0 N–H and O–H groups in total. The molecule has 18 rings (SSSR count). The van der Waals surface area contributed by atoms with Gasteiger partial charge in [0.2, 0.25) is 0 Å². The molecule has 432 valence electrons. The Labute approximate surface area is 505 Å². The minimum absolute atomic E-state index is 0.0173. The molecule has 90 heavy (non-hydrogen) atoms. The molecule has 0 fully saturated rings. The fourth-order valence-electron chi connectivity index (χ4n) is 14.8. The number of rotatable bonds is 6. The number of para-hydroxylation sites is 5. The van der Waals surface area contributed by atoms with Gasteiger partial charge in [-0.15, -0.1) is 0 Å². The molecule has 0 atom stereocenters. The van der Waals surface area contributed by atoms with Gasteiger partial charge in [-0.05, 0) is 164 Å². The average molecular weight is 1190 g/mol. The van der Waals surface area contributed by atoms with Crippen LogP contribution >= 0.6 is 0 Å². The number of alkyl halides is 6. The van der Waals surface area contributed by atoms with E-state index in [0.29, 0.717) is 72.0 Å². The highest BCUT2D eigenvalue weighted by Crippen LogP contribution is 2.64. The predicted octanol–water partition coefficient (Wildman–Crippen LogP) is 22.8. The second-order valence-corrected chi connectivity index (χ2v) is 23.1. The Hall–Kier alpha value is -11.2. The van der Waals surface area contributed by atoms with Gasteiger partial charge in [-0.2, -0.15) is 26.3 Å². The van der Waals surface area contributed by atoms with E-state index >= 15 is 8.78 Å². The summed E-state index contributed by atoms with van der Waals surface area (Å²) in [6.07, 6.45) is -9.31. The van der Waals surface area contributed by atoms with Crippen molar-refractivity contribution in [3.63, 3.8) is 0 Å². The van der Waals surface area contributed by atoms with E-state index in [9.17, 15) is 26.3 Å². The quantitative estimate of drug-likeness (QED) is 0.156. The third-order valence-electron chi connectivity index (χ3n) is 18.5. The van der Waals surface area contributed by atoms with Crippen LogP contribution in [0.25, 0.3) is 104 Å². The fourth-order valence-corrected chi connectivity index (χ4v) is 14.8. The number of fused-ring (bicyclic) bond motifs is 22. The van der Waals surface area contributed by atoms with E-state index in [-0.39, 0.29) is 16.7 Å². The summed E-state index contributed by atoms with van der Waals surface area (Å²) in [4.78, 5) is 3.67. The van der Waals surface area contributed by atoms with E-state index in [0.717, 1.165) is 95.9 Å². The molecule has 4 heterocycles. The van der Waals surface area contributed by atoms with Crippen LogP contribution in [0.2, 0.25) is 0 Å². The highest BCUT2D eigenvalue weighted by molar-refractivity contribution is 6.19. The molecule has 3 aromatic heterocycles. The molecule has 0 amide bonds. The van der Waals surface area contributed by atoms with Gasteiger partial charge >= 0.3 is 12.4 Å². The molecule has 13 aromatic carbocycles. The predicted molar refractivity (Wildman–Crippen MR) is 340 cm³/mol. The van der Waals surface area contributed by atoms with Crippen LogP contribution in [0, 0.1) is 11.6 Å². The molecule has 0 saturated carbocycles. The van der Waals surface area contributed by atoms with Crippen molar-refractivity contribution in [3.05, 3.63) is 294 Å². The van der Waals surface area contributed by atoms with Crippen LogP contribution < -0.4 is 9.80 Å². The topological polar surface area (TPSA) is 37.7 Å². The Bertz CT molecular complexity index is 5670. The summed E-state index contributed by atoms with van der Waals surface area (Å²) in [5.41, 5.74) is 8.74. The Morgan fingerprint density at radius 3 is 1.31 bits per heavy atom. The molecule has 1 spiro atoms. The van der Waals surface area contributed by atoms with Gasteiger partial charge in [0, 0.05) is 55.1 Å². The molecule has 16 aromatic rings. The van der Waals surface area contributed by atoms with E-state index in [1.807, 2.05) is 77.7 Å². The van der Waals surface area contributed by atoms with Crippen LogP contribution in [0.4, 0.5) is 69.2 Å². The molecule has 0 unspecified atom stereocenters. The van der Waals surface area contributed by atoms with Crippen molar-refractivity contribution in [2.45, 2.75) is 17.8 Å². The number of benzene rings is 13. The number of hydrogen-bond acceptors (Lipinski definition) is 4. The number of anilines is 6. The third kappa shape index (κ3) is 7.13. The lowest BCUT2D eigenvalue weighted by Gasteiger charge is -2.40. The van der Waals surface area contributed by atoms with Gasteiger partial charge in [0.25, 0.3) is 0 Å². The van der Waals surface area contributed by atoms with Crippen molar-refractivity contribution < 1.29 is 44.0 Å². The summed E-state index contributed by atoms with van der Waals surface area (Å²) in [6, 6.07) is 73.9. The molecular formula is C77H41F8N3O2. The average Bonchev–Trinajstić information content (AvgIpc) is 1.46. The lowest BCUT2D eigenvalue weighted by molar-refractivity contribution is -0.138. The number of furan rings is 2. The van der Waals surface area contributed by atoms with E-state index in [2.05, 4.69) is 83.4 Å². The summed E-state index contributed by atoms with van der Waals surface area (Å²) < 4.78 is 134. The van der Waals surface area contributed by atoms with Crippen molar-refractivity contribution in [2.75, 3.05) is 9.80 Å². The number of aromatic nitrogens is 1. The first-order chi connectivity index (χ1) is 43.7. The van der Waals surface area contributed by atoms with Gasteiger partial charge in [0.05, 0.1) is 44.6 Å². The first kappa shape index (κ1) is 52.0.